The number of aromatic nitrogens is 4. The first-order chi connectivity index (χ1) is 12.7. The summed E-state index contributed by atoms with van der Waals surface area (Å²) in [6, 6.07) is 14.9. The van der Waals surface area contributed by atoms with E-state index >= 15 is 0 Å². The van der Waals surface area contributed by atoms with Crippen LogP contribution in [0.1, 0.15) is 11.1 Å². The van der Waals surface area contributed by atoms with E-state index in [0.717, 1.165) is 16.7 Å². The van der Waals surface area contributed by atoms with Crippen LogP contribution in [0.3, 0.4) is 0 Å². The van der Waals surface area contributed by atoms with E-state index in [0.29, 0.717) is 23.8 Å². The second-order valence-electron chi connectivity index (χ2n) is 6.04. The maximum absolute atomic E-state index is 12.1. The van der Waals surface area contributed by atoms with Crippen molar-refractivity contribution >= 4 is 0 Å². The van der Waals surface area contributed by atoms with Crippen molar-refractivity contribution in [3.05, 3.63) is 88.6 Å². The summed E-state index contributed by atoms with van der Waals surface area (Å²) in [4.78, 5) is 20.7. The van der Waals surface area contributed by atoms with Crippen molar-refractivity contribution in [3.63, 3.8) is 0 Å². The fraction of sp³-hybridized carbons (Fsp3) is 0.100. The normalized spacial score (nSPS) is 10.8. The minimum Gasteiger partial charge on any atom is -0.334 e. The molecule has 0 atom stereocenters. The van der Waals surface area contributed by atoms with Gasteiger partial charge in [-0.05, 0) is 30.7 Å². The zero-order valence-corrected chi connectivity index (χ0v) is 14.2. The predicted octanol–water partition coefficient (Wildman–Crippen LogP) is 3.32. The monoisotopic (exact) mass is 344 g/mol. The molecule has 0 bridgehead atoms. The Labute approximate surface area is 149 Å². The van der Waals surface area contributed by atoms with Crippen molar-refractivity contribution in [2.75, 3.05) is 0 Å². The van der Waals surface area contributed by atoms with Crippen LogP contribution >= 0.6 is 0 Å². The largest absolute Gasteiger partial charge is 0.334 e. The Hall–Kier alpha value is -3.54. The molecule has 128 valence electrons. The van der Waals surface area contributed by atoms with Gasteiger partial charge in [-0.2, -0.15) is 4.98 Å². The third-order valence-corrected chi connectivity index (χ3v) is 4.01. The highest BCUT2D eigenvalue weighted by molar-refractivity contribution is 5.59. The SMILES string of the molecule is Cc1cccc(-c2noc(-c3ccc(=O)n(Cc4cccnc4)c3)n2)c1. The van der Waals surface area contributed by atoms with Crippen LogP contribution < -0.4 is 5.56 Å². The summed E-state index contributed by atoms with van der Waals surface area (Å²) in [5.74, 6) is 0.898. The number of hydrogen-bond acceptors (Lipinski definition) is 5. The van der Waals surface area contributed by atoms with Gasteiger partial charge in [-0.1, -0.05) is 35.0 Å². The van der Waals surface area contributed by atoms with E-state index in [1.54, 1.807) is 29.2 Å². The molecule has 0 fully saturated rings. The minimum atomic E-state index is -0.101. The van der Waals surface area contributed by atoms with Crippen molar-refractivity contribution in [2.24, 2.45) is 0 Å². The summed E-state index contributed by atoms with van der Waals surface area (Å²) < 4.78 is 7.00. The molecule has 4 rings (SSSR count). The molecular formula is C20H16N4O2. The third kappa shape index (κ3) is 3.30. The van der Waals surface area contributed by atoms with Crippen molar-refractivity contribution in [1.82, 2.24) is 19.7 Å². The lowest BCUT2D eigenvalue weighted by molar-refractivity contribution is 0.432. The van der Waals surface area contributed by atoms with Gasteiger partial charge in [0.25, 0.3) is 11.4 Å². The maximum atomic E-state index is 12.1. The van der Waals surface area contributed by atoms with Crippen molar-refractivity contribution in [2.45, 2.75) is 13.5 Å². The van der Waals surface area contributed by atoms with Gasteiger partial charge in [-0.25, -0.2) is 0 Å². The number of nitrogens with zero attached hydrogens (tertiary/aromatic N) is 4. The lowest BCUT2D eigenvalue weighted by Gasteiger charge is -2.06. The summed E-state index contributed by atoms with van der Waals surface area (Å²) in [7, 11) is 0. The number of aryl methyl sites for hydroxylation is 1. The minimum absolute atomic E-state index is 0.101. The molecule has 0 saturated heterocycles. The highest BCUT2D eigenvalue weighted by atomic mass is 16.5. The van der Waals surface area contributed by atoms with E-state index in [9.17, 15) is 4.79 Å². The fourth-order valence-corrected chi connectivity index (χ4v) is 2.71. The third-order valence-electron chi connectivity index (χ3n) is 4.01. The van der Waals surface area contributed by atoms with Crippen LogP contribution in [0.4, 0.5) is 0 Å². The molecular weight excluding hydrogens is 328 g/mol. The zero-order valence-electron chi connectivity index (χ0n) is 14.2. The summed E-state index contributed by atoms with van der Waals surface area (Å²) in [5, 5.41) is 4.06. The molecule has 0 aliphatic rings. The Morgan fingerprint density at radius 1 is 1.08 bits per heavy atom. The van der Waals surface area contributed by atoms with Crippen LogP contribution in [0.15, 0.2) is 76.4 Å². The van der Waals surface area contributed by atoms with Crippen LogP contribution in [-0.4, -0.2) is 19.7 Å². The zero-order chi connectivity index (χ0) is 17.9. The van der Waals surface area contributed by atoms with Crippen molar-refractivity contribution in [3.8, 4) is 22.8 Å². The molecule has 1 aromatic carbocycles. The van der Waals surface area contributed by atoms with Gasteiger partial charge < -0.3 is 9.09 Å². The predicted molar refractivity (Wildman–Crippen MR) is 97.5 cm³/mol. The van der Waals surface area contributed by atoms with E-state index in [2.05, 4.69) is 15.1 Å². The Kier molecular flexibility index (Phi) is 4.15. The lowest BCUT2D eigenvalue weighted by atomic mass is 10.1. The topological polar surface area (TPSA) is 73.8 Å². The smallest absolute Gasteiger partial charge is 0.259 e. The molecule has 4 aromatic rings. The van der Waals surface area contributed by atoms with E-state index in [4.69, 9.17) is 4.52 Å². The average molecular weight is 344 g/mol. The van der Waals surface area contributed by atoms with Gasteiger partial charge in [-0.3, -0.25) is 9.78 Å². The number of hydrogen-bond donors (Lipinski definition) is 0. The standard InChI is InChI=1S/C20H16N4O2/c1-14-4-2-6-16(10-14)19-22-20(26-23-19)17-7-8-18(25)24(13-17)12-15-5-3-9-21-11-15/h2-11,13H,12H2,1H3. The van der Waals surface area contributed by atoms with Gasteiger partial charge in [0.05, 0.1) is 12.1 Å². The molecule has 0 radical (unpaired) electrons. The molecule has 0 aliphatic carbocycles. The Bertz CT molecular complexity index is 1100. The van der Waals surface area contributed by atoms with Crippen molar-refractivity contribution in [1.29, 1.82) is 0 Å². The molecule has 3 heterocycles. The van der Waals surface area contributed by atoms with Crippen LogP contribution in [0.25, 0.3) is 22.8 Å². The second kappa shape index (κ2) is 6.76. The van der Waals surface area contributed by atoms with Gasteiger partial charge in [-0.15, -0.1) is 0 Å². The molecule has 6 heteroatoms. The molecule has 0 spiro atoms. The molecule has 3 aromatic heterocycles. The van der Waals surface area contributed by atoms with E-state index < -0.39 is 0 Å². The Morgan fingerprint density at radius 3 is 2.81 bits per heavy atom. The number of rotatable bonds is 4. The average Bonchev–Trinajstić information content (AvgIpc) is 3.15. The van der Waals surface area contributed by atoms with Gasteiger partial charge >= 0.3 is 0 Å². The molecule has 0 unspecified atom stereocenters. The molecule has 0 saturated carbocycles. The van der Waals surface area contributed by atoms with Gasteiger partial charge in [0.2, 0.25) is 5.82 Å². The molecule has 0 N–H and O–H groups in total. The highest BCUT2D eigenvalue weighted by Gasteiger charge is 2.12. The second-order valence-corrected chi connectivity index (χ2v) is 6.04. The molecule has 0 aliphatic heterocycles. The number of pyridine rings is 2. The van der Waals surface area contributed by atoms with E-state index in [1.165, 1.54) is 6.07 Å². The van der Waals surface area contributed by atoms with Crippen LogP contribution in [0.5, 0.6) is 0 Å². The van der Waals surface area contributed by atoms with Crippen LogP contribution in [-0.2, 0) is 6.54 Å². The lowest BCUT2D eigenvalue weighted by Crippen LogP contribution is -2.19. The van der Waals surface area contributed by atoms with Crippen molar-refractivity contribution < 1.29 is 4.52 Å². The molecule has 26 heavy (non-hydrogen) atoms. The van der Waals surface area contributed by atoms with E-state index in [1.807, 2.05) is 43.3 Å². The number of benzene rings is 1. The molecule has 6 nitrogen and oxygen atoms in total. The molecule has 0 amide bonds. The first-order valence-corrected chi connectivity index (χ1v) is 8.19. The Balaban J connectivity index is 1.66. The fourth-order valence-electron chi connectivity index (χ4n) is 2.71. The van der Waals surface area contributed by atoms with Crippen LogP contribution in [0.2, 0.25) is 0 Å². The van der Waals surface area contributed by atoms with E-state index in [-0.39, 0.29) is 5.56 Å². The summed E-state index contributed by atoms with van der Waals surface area (Å²) >= 11 is 0. The maximum Gasteiger partial charge on any atom is 0.259 e. The quantitative estimate of drug-likeness (QED) is 0.568. The highest BCUT2D eigenvalue weighted by Crippen LogP contribution is 2.22. The summed E-state index contributed by atoms with van der Waals surface area (Å²) in [5.41, 5.74) is 3.55. The van der Waals surface area contributed by atoms with Gasteiger partial charge in [0.15, 0.2) is 0 Å². The van der Waals surface area contributed by atoms with Gasteiger partial charge in [0.1, 0.15) is 0 Å². The van der Waals surface area contributed by atoms with Crippen LogP contribution in [0, 0.1) is 6.92 Å². The summed E-state index contributed by atoms with van der Waals surface area (Å²) in [6.07, 6.45) is 5.17. The van der Waals surface area contributed by atoms with Gasteiger partial charge in [0, 0.05) is 30.2 Å². The summed E-state index contributed by atoms with van der Waals surface area (Å²) in [6.45, 7) is 2.44. The Morgan fingerprint density at radius 2 is 2.00 bits per heavy atom. The first-order valence-electron chi connectivity index (χ1n) is 8.19. The first kappa shape index (κ1) is 16.0.